The summed E-state index contributed by atoms with van der Waals surface area (Å²) in [6.45, 7) is 6.71. The Kier molecular flexibility index (Phi) is 5.80. The van der Waals surface area contributed by atoms with Crippen LogP contribution in [0.2, 0.25) is 0 Å². The van der Waals surface area contributed by atoms with Gasteiger partial charge in [-0.1, -0.05) is 12.1 Å². The number of ether oxygens (including phenoxy) is 3. The van der Waals surface area contributed by atoms with Gasteiger partial charge in [0.05, 0.1) is 37.8 Å². The van der Waals surface area contributed by atoms with Gasteiger partial charge in [0.2, 0.25) is 5.91 Å². The topological polar surface area (TPSA) is 63.3 Å². The highest BCUT2D eigenvalue weighted by Crippen LogP contribution is 2.31. The third kappa shape index (κ3) is 4.36. The van der Waals surface area contributed by atoms with Crippen molar-refractivity contribution in [2.45, 2.75) is 25.0 Å². The summed E-state index contributed by atoms with van der Waals surface area (Å²) >= 11 is 0. The van der Waals surface area contributed by atoms with E-state index in [4.69, 9.17) is 14.2 Å². The van der Waals surface area contributed by atoms with Gasteiger partial charge in [-0.25, -0.2) is 0 Å². The van der Waals surface area contributed by atoms with E-state index >= 15 is 0 Å². The van der Waals surface area contributed by atoms with Gasteiger partial charge in [-0.3, -0.25) is 4.79 Å². The van der Waals surface area contributed by atoms with Crippen LogP contribution in [-0.2, 0) is 19.0 Å². The fraction of sp³-hybridized carbons (Fsp3) is 0.650. The van der Waals surface area contributed by atoms with Crippen LogP contribution in [-0.4, -0.2) is 75.7 Å². The number of morpholine rings is 1. The summed E-state index contributed by atoms with van der Waals surface area (Å²) in [5, 5.41) is 3.45. The highest BCUT2D eigenvalue weighted by Gasteiger charge is 2.40. The van der Waals surface area contributed by atoms with E-state index in [9.17, 15) is 4.79 Å². The zero-order valence-electron chi connectivity index (χ0n) is 15.8. The molecule has 1 N–H and O–H groups in total. The third-order valence-corrected chi connectivity index (χ3v) is 5.60. The van der Waals surface area contributed by atoms with Gasteiger partial charge >= 0.3 is 0 Å². The van der Waals surface area contributed by atoms with Crippen molar-refractivity contribution in [1.29, 1.82) is 0 Å². The molecule has 0 radical (unpaired) electrons. The number of likely N-dealkylation sites (tertiary alicyclic amines) is 1. The van der Waals surface area contributed by atoms with Crippen LogP contribution in [0, 0.1) is 0 Å². The standard InChI is InChI=1S/C20H29N3O4/c24-19(23-9-6-20(7-10-23)26-15-16-27-20)5-8-21-17-3-1-2-4-18(17)22-11-13-25-14-12-22/h1-4,21H,5-16H2. The van der Waals surface area contributed by atoms with E-state index in [2.05, 4.69) is 28.4 Å². The minimum absolute atomic E-state index is 0.194. The molecule has 3 aliphatic heterocycles. The van der Waals surface area contributed by atoms with E-state index in [1.54, 1.807) is 0 Å². The molecule has 0 aromatic heterocycles. The lowest BCUT2D eigenvalue weighted by atomic mass is 10.0. The smallest absolute Gasteiger partial charge is 0.224 e. The number of rotatable bonds is 5. The number of hydrogen-bond acceptors (Lipinski definition) is 6. The van der Waals surface area contributed by atoms with Gasteiger partial charge in [-0.05, 0) is 12.1 Å². The first-order valence-corrected chi connectivity index (χ1v) is 9.97. The van der Waals surface area contributed by atoms with Crippen LogP contribution in [0.4, 0.5) is 11.4 Å². The molecule has 7 heteroatoms. The molecule has 0 bridgehead atoms. The Labute approximate surface area is 160 Å². The first-order chi connectivity index (χ1) is 13.3. The molecule has 27 heavy (non-hydrogen) atoms. The van der Waals surface area contributed by atoms with Crippen molar-refractivity contribution in [3.8, 4) is 0 Å². The van der Waals surface area contributed by atoms with Crippen molar-refractivity contribution in [3.05, 3.63) is 24.3 Å². The first-order valence-electron chi connectivity index (χ1n) is 9.97. The van der Waals surface area contributed by atoms with E-state index < -0.39 is 5.79 Å². The monoisotopic (exact) mass is 375 g/mol. The van der Waals surface area contributed by atoms with E-state index in [0.29, 0.717) is 39.3 Å². The van der Waals surface area contributed by atoms with Gasteiger partial charge in [0, 0.05) is 52.0 Å². The Morgan fingerprint density at radius 2 is 1.70 bits per heavy atom. The number of nitrogens with zero attached hydrogens (tertiary/aromatic N) is 2. The molecule has 1 amide bonds. The number of anilines is 2. The van der Waals surface area contributed by atoms with Gasteiger partial charge in [0.1, 0.15) is 0 Å². The number of benzene rings is 1. The zero-order valence-corrected chi connectivity index (χ0v) is 15.8. The highest BCUT2D eigenvalue weighted by molar-refractivity contribution is 5.77. The van der Waals surface area contributed by atoms with Crippen molar-refractivity contribution in [2.75, 3.05) is 69.4 Å². The van der Waals surface area contributed by atoms with Crippen molar-refractivity contribution >= 4 is 17.3 Å². The number of carbonyl (C=O) groups excluding carboxylic acids is 1. The Bertz CT molecular complexity index is 632. The summed E-state index contributed by atoms with van der Waals surface area (Å²) in [5.74, 6) is -0.231. The predicted molar refractivity (Wildman–Crippen MR) is 103 cm³/mol. The number of carbonyl (C=O) groups is 1. The van der Waals surface area contributed by atoms with Gasteiger partial charge in [0.15, 0.2) is 5.79 Å². The van der Waals surface area contributed by atoms with E-state index in [0.717, 1.165) is 44.8 Å². The quantitative estimate of drug-likeness (QED) is 0.845. The minimum atomic E-state index is -0.424. The van der Waals surface area contributed by atoms with Crippen molar-refractivity contribution in [1.82, 2.24) is 4.90 Å². The maximum atomic E-state index is 12.6. The molecule has 4 rings (SSSR count). The lowest BCUT2D eigenvalue weighted by Gasteiger charge is -2.37. The molecule has 148 valence electrons. The molecular weight excluding hydrogens is 346 g/mol. The molecule has 1 aromatic rings. The fourth-order valence-corrected chi connectivity index (χ4v) is 4.05. The van der Waals surface area contributed by atoms with Crippen LogP contribution in [0.15, 0.2) is 24.3 Å². The predicted octanol–water partition coefficient (Wildman–Crippen LogP) is 1.69. The molecule has 1 aromatic carbocycles. The Morgan fingerprint density at radius 1 is 1.00 bits per heavy atom. The molecule has 3 saturated heterocycles. The molecule has 0 aliphatic carbocycles. The average Bonchev–Trinajstić information content (AvgIpc) is 3.17. The van der Waals surface area contributed by atoms with Crippen molar-refractivity contribution in [2.24, 2.45) is 0 Å². The van der Waals surface area contributed by atoms with Crippen LogP contribution in [0.1, 0.15) is 19.3 Å². The maximum Gasteiger partial charge on any atom is 0.224 e. The Balaban J connectivity index is 1.26. The molecule has 0 unspecified atom stereocenters. The van der Waals surface area contributed by atoms with Crippen LogP contribution < -0.4 is 10.2 Å². The Hall–Kier alpha value is -1.83. The Morgan fingerprint density at radius 3 is 2.44 bits per heavy atom. The SMILES string of the molecule is O=C(CCNc1ccccc1N1CCOCC1)N1CCC2(CC1)OCCO2. The average molecular weight is 375 g/mol. The van der Waals surface area contributed by atoms with Crippen LogP contribution in [0.5, 0.6) is 0 Å². The lowest BCUT2D eigenvalue weighted by Crippen LogP contribution is -2.47. The first kappa shape index (κ1) is 18.5. The molecule has 7 nitrogen and oxygen atoms in total. The largest absolute Gasteiger partial charge is 0.383 e. The van der Waals surface area contributed by atoms with E-state index in [1.165, 1.54) is 5.69 Å². The van der Waals surface area contributed by atoms with Crippen molar-refractivity contribution in [3.63, 3.8) is 0 Å². The number of piperidine rings is 1. The highest BCUT2D eigenvalue weighted by atomic mass is 16.7. The van der Waals surface area contributed by atoms with Crippen molar-refractivity contribution < 1.29 is 19.0 Å². The second-order valence-corrected chi connectivity index (χ2v) is 7.28. The van der Waals surface area contributed by atoms with E-state index in [1.807, 2.05) is 11.0 Å². The van der Waals surface area contributed by atoms with Crippen LogP contribution in [0.3, 0.4) is 0 Å². The van der Waals surface area contributed by atoms with Crippen LogP contribution >= 0.6 is 0 Å². The molecule has 0 atom stereocenters. The van der Waals surface area contributed by atoms with Gasteiger partial charge in [0.25, 0.3) is 0 Å². The second-order valence-electron chi connectivity index (χ2n) is 7.28. The molecule has 0 saturated carbocycles. The normalized spacial score (nSPS) is 22.2. The summed E-state index contributed by atoms with van der Waals surface area (Å²) in [6, 6.07) is 8.29. The number of nitrogens with one attached hydrogen (secondary N) is 1. The number of amides is 1. The summed E-state index contributed by atoms with van der Waals surface area (Å²) in [7, 11) is 0. The minimum Gasteiger partial charge on any atom is -0.383 e. The molecule has 3 aliphatic rings. The lowest BCUT2D eigenvalue weighted by molar-refractivity contribution is -0.187. The number of hydrogen-bond donors (Lipinski definition) is 1. The molecule has 3 heterocycles. The molecule has 1 spiro atoms. The fourth-order valence-electron chi connectivity index (χ4n) is 4.05. The molecular formula is C20H29N3O4. The van der Waals surface area contributed by atoms with Gasteiger partial charge in [-0.2, -0.15) is 0 Å². The number of para-hydroxylation sites is 2. The maximum absolute atomic E-state index is 12.6. The summed E-state index contributed by atoms with van der Waals surface area (Å²) in [6.07, 6.45) is 2.03. The van der Waals surface area contributed by atoms with Crippen LogP contribution in [0.25, 0.3) is 0 Å². The van der Waals surface area contributed by atoms with Gasteiger partial charge in [-0.15, -0.1) is 0 Å². The summed E-state index contributed by atoms with van der Waals surface area (Å²) in [4.78, 5) is 16.8. The van der Waals surface area contributed by atoms with Gasteiger partial charge < -0.3 is 29.3 Å². The zero-order chi connectivity index (χ0) is 18.5. The summed E-state index contributed by atoms with van der Waals surface area (Å²) < 4.78 is 16.9. The second kappa shape index (κ2) is 8.46. The third-order valence-electron chi connectivity index (χ3n) is 5.60. The molecule has 3 fully saturated rings. The summed E-state index contributed by atoms with van der Waals surface area (Å²) in [5.41, 5.74) is 2.27. The van der Waals surface area contributed by atoms with E-state index in [-0.39, 0.29) is 5.91 Å².